The molecule has 0 aromatic carbocycles. The molecule has 6 nitrogen and oxygen atoms in total. The van der Waals surface area contributed by atoms with Crippen LogP contribution < -0.4 is 0 Å². The van der Waals surface area contributed by atoms with E-state index in [4.69, 9.17) is 9.13 Å². The summed E-state index contributed by atoms with van der Waals surface area (Å²) >= 11 is 0. The van der Waals surface area contributed by atoms with Crippen LogP contribution in [-0.4, -0.2) is 49.3 Å². The summed E-state index contributed by atoms with van der Waals surface area (Å²) in [6, 6.07) is 3.93. The average Bonchev–Trinajstić information content (AvgIpc) is 2.86. The molecule has 0 unspecified atom stereocenters. The molecule has 3 rings (SSSR count). The first-order valence-electron chi connectivity index (χ1n) is 9.85. The van der Waals surface area contributed by atoms with Gasteiger partial charge in [-0.25, -0.2) is 9.00 Å². The molecule has 28 heavy (non-hydrogen) atoms. The van der Waals surface area contributed by atoms with Crippen LogP contribution in [0.3, 0.4) is 0 Å². The Balaban J connectivity index is 1.86. The third-order valence-corrected chi connectivity index (χ3v) is 6.62. The molecule has 1 aliphatic heterocycles. The van der Waals surface area contributed by atoms with Crippen LogP contribution in [0.2, 0.25) is 0 Å². The lowest BCUT2D eigenvalue weighted by molar-refractivity contribution is 0.0159. The Kier molecular flexibility index (Phi) is 5.42. The quantitative estimate of drug-likeness (QED) is 0.710. The van der Waals surface area contributed by atoms with Crippen LogP contribution in [0, 0.1) is 5.41 Å². The van der Waals surface area contributed by atoms with E-state index in [0.717, 1.165) is 36.2 Å². The van der Waals surface area contributed by atoms with Crippen LogP contribution in [0.25, 0.3) is 0 Å². The minimum Gasteiger partial charge on any atom is -0.444 e. The fourth-order valence-electron chi connectivity index (χ4n) is 3.71. The molecule has 0 bridgehead atoms. The van der Waals surface area contributed by atoms with Crippen molar-refractivity contribution in [2.45, 2.75) is 71.2 Å². The lowest BCUT2D eigenvalue weighted by atomic mass is 9.75. The molecule has 0 radical (unpaired) electrons. The van der Waals surface area contributed by atoms with Crippen molar-refractivity contribution in [3.63, 3.8) is 0 Å². The Morgan fingerprint density at radius 3 is 2.43 bits per heavy atom. The van der Waals surface area contributed by atoms with Crippen molar-refractivity contribution in [2.24, 2.45) is 9.81 Å². The van der Waals surface area contributed by atoms with Crippen LogP contribution in [-0.2, 0) is 22.1 Å². The van der Waals surface area contributed by atoms with E-state index in [-0.39, 0.29) is 11.5 Å². The standard InChI is InChI=1S/C21H31N3O3S/c1-19(2,3)27-18(25)24-12-9-21(10-13-24)14-16-15(8-7-11-22-16)17(21)23-28(26)20(4,5)6/h7-8,11H,9-10,12-14H2,1-6H3/b23-17+/t28-/m1/s1. The Morgan fingerprint density at radius 1 is 1.21 bits per heavy atom. The molecule has 1 aliphatic carbocycles. The molecule has 1 aromatic heterocycles. The lowest BCUT2D eigenvalue weighted by Gasteiger charge is -2.40. The molecule has 1 saturated heterocycles. The number of likely N-dealkylation sites (tertiary alicyclic amines) is 1. The molecular weight excluding hydrogens is 374 g/mol. The fourth-order valence-corrected chi connectivity index (χ4v) is 4.44. The highest BCUT2D eigenvalue weighted by Crippen LogP contribution is 2.45. The summed E-state index contributed by atoms with van der Waals surface area (Å²) in [5, 5.41) is 0. The van der Waals surface area contributed by atoms with E-state index in [9.17, 15) is 9.00 Å². The first-order valence-corrected chi connectivity index (χ1v) is 11.0. The van der Waals surface area contributed by atoms with Crippen molar-refractivity contribution in [3.8, 4) is 0 Å². The Bertz CT molecular complexity index is 813. The maximum absolute atomic E-state index is 12.8. The van der Waals surface area contributed by atoms with Crippen LogP contribution >= 0.6 is 0 Å². The molecule has 1 amide bonds. The molecular formula is C21H31N3O3S. The van der Waals surface area contributed by atoms with Gasteiger partial charge in [-0.2, -0.15) is 4.40 Å². The second kappa shape index (κ2) is 7.25. The van der Waals surface area contributed by atoms with Crippen molar-refractivity contribution in [1.29, 1.82) is 0 Å². The van der Waals surface area contributed by atoms with Gasteiger partial charge in [0.25, 0.3) is 0 Å². The molecule has 7 heteroatoms. The molecule has 154 valence electrons. The van der Waals surface area contributed by atoms with E-state index in [0.29, 0.717) is 13.1 Å². The number of fused-ring (bicyclic) bond motifs is 1. The fraction of sp³-hybridized carbons (Fsp3) is 0.667. The summed E-state index contributed by atoms with van der Waals surface area (Å²) in [5.41, 5.74) is 2.20. The smallest absolute Gasteiger partial charge is 0.410 e. The normalized spacial score (nSPS) is 21.6. The van der Waals surface area contributed by atoms with Gasteiger partial charge in [-0.1, -0.05) is 0 Å². The zero-order valence-electron chi connectivity index (χ0n) is 17.7. The third kappa shape index (κ3) is 4.29. The van der Waals surface area contributed by atoms with Gasteiger partial charge in [0.1, 0.15) is 16.6 Å². The van der Waals surface area contributed by atoms with Crippen molar-refractivity contribution >= 4 is 22.8 Å². The molecule has 1 spiro atoms. The van der Waals surface area contributed by atoms with E-state index >= 15 is 0 Å². The molecule has 1 atom stereocenters. The summed E-state index contributed by atoms with van der Waals surface area (Å²) in [5.74, 6) is 0. The number of pyridine rings is 1. The summed E-state index contributed by atoms with van der Waals surface area (Å²) < 4.78 is 22.6. The Labute approximate surface area is 170 Å². The lowest BCUT2D eigenvalue weighted by Crippen LogP contribution is -2.47. The molecule has 0 N–H and O–H groups in total. The third-order valence-electron chi connectivity index (χ3n) is 5.22. The molecule has 2 heterocycles. The van der Waals surface area contributed by atoms with Gasteiger partial charge in [-0.05, 0) is 66.5 Å². The van der Waals surface area contributed by atoms with E-state index in [1.807, 2.05) is 53.7 Å². The highest BCUT2D eigenvalue weighted by atomic mass is 32.2. The van der Waals surface area contributed by atoms with Crippen molar-refractivity contribution < 1.29 is 13.7 Å². The first kappa shape index (κ1) is 21.0. The van der Waals surface area contributed by atoms with Gasteiger partial charge in [-0.3, -0.25) is 4.98 Å². The summed E-state index contributed by atoms with van der Waals surface area (Å²) in [6.45, 7) is 12.6. The van der Waals surface area contributed by atoms with E-state index in [1.165, 1.54) is 0 Å². The minimum absolute atomic E-state index is 0.212. The van der Waals surface area contributed by atoms with Gasteiger partial charge >= 0.3 is 6.09 Å². The second-order valence-corrected chi connectivity index (χ2v) is 11.6. The maximum atomic E-state index is 12.8. The van der Waals surface area contributed by atoms with Gasteiger partial charge in [0.15, 0.2) is 0 Å². The van der Waals surface area contributed by atoms with Crippen LogP contribution in [0.1, 0.15) is 65.6 Å². The topological polar surface area (TPSA) is 71.9 Å². The number of aromatic nitrogens is 1. The van der Waals surface area contributed by atoms with Crippen LogP contribution in [0.5, 0.6) is 0 Å². The average molecular weight is 406 g/mol. The number of ether oxygens (including phenoxy) is 1. The minimum atomic E-state index is -1.34. The summed E-state index contributed by atoms with van der Waals surface area (Å²) in [6.07, 6.45) is 3.84. The van der Waals surface area contributed by atoms with Crippen molar-refractivity contribution in [1.82, 2.24) is 9.88 Å². The monoisotopic (exact) mass is 405 g/mol. The number of carbonyl (C=O) groups excluding carboxylic acids is 1. The van der Waals surface area contributed by atoms with Gasteiger partial charge in [0.05, 0.1) is 16.2 Å². The Hall–Kier alpha value is -1.76. The maximum Gasteiger partial charge on any atom is 0.410 e. The first-order chi connectivity index (χ1) is 12.9. The Morgan fingerprint density at radius 2 is 1.86 bits per heavy atom. The van der Waals surface area contributed by atoms with Crippen molar-refractivity contribution in [3.05, 3.63) is 29.6 Å². The van der Waals surface area contributed by atoms with Gasteiger partial charge < -0.3 is 9.64 Å². The molecule has 1 aromatic rings. The zero-order chi connectivity index (χ0) is 20.7. The second-order valence-electron chi connectivity index (χ2n) is 9.72. The van der Waals surface area contributed by atoms with E-state index in [1.54, 1.807) is 11.1 Å². The predicted molar refractivity (Wildman–Crippen MR) is 112 cm³/mol. The van der Waals surface area contributed by atoms with Gasteiger partial charge in [0, 0.05) is 36.7 Å². The highest BCUT2D eigenvalue weighted by Gasteiger charge is 2.47. The zero-order valence-corrected chi connectivity index (χ0v) is 18.6. The number of carbonyl (C=O) groups is 1. The highest BCUT2D eigenvalue weighted by molar-refractivity contribution is 7.85. The number of hydrogen-bond acceptors (Lipinski definition) is 4. The van der Waals surface area contributed by atoms with Gasteiger partial charge in [-0.15, -0.1) is 0 Å². The van der Waals surface area contributed by atoms with Crippen molar-refractivity contribution in [2.75, 3.05) is 13.1 Å². The number of rotatable bonds is 1. The largest absolute Gasteiger partial charge is 0.444 e. The number of hydrogen-bond donors (Lipinski definition) is 0. The summed E-state index contributed by atoms with van der Waals surface area (Å²) in [7, 11) is -1.34. The van der Waals surface area contributed by atoms with Crippen LogP contribution in [0.15, 0.2) is 22.7 Å². The summed E-state index contributed by atoms with van der Waals surface area (Å²) in [4.78, 5) is 18.8. The molecule has 2 aliphatic rings. The van der Waals surface area contributed by atoms with E-state index in [2.05, 4.69) is 4.98 Å². The number of nitrogens with zero attached hydrogens (tertiary/aromatic N) is 3. The SMILES string of the molecule is CC(C)(C)OC(=O)N1CCC2(CC1)Cc1ncccc1/C2=N\[S@](=O)C(C)(C)C. The number of piperidine rings is 1. The molecule has 1 fully saturated rings. The van der Waals surface area contributed by atoms with Crippen LogP contribution in [0.4, 0.5) is 4.79 Å². The van der Waals surface area contributed by atoms with E-state index < -0.39 is 21.3 Å². The van der Waals surface area contributed by atoms with Gasteiger partial charge in [0.2, 0.25) is 0 Å². The molecule has 0 saturated carbocycles. The predicted octanol–water partition coefficient (Wildman–Crippen LogP) is 3.91. The number of amides is 1.